The molecule has 0 radical (unpaired) electrons. The van der Waals surface area contributed by atoms with Crippen LogP contribution in [0.25, 0.3) is 0 Å². The maximum absolute atomic E-state index is 11.2. The van der Waals surface area contributed by atoms with Gasteiger partial charge >= 0.3 is 11.9 Å². The minimum Gasteiger partial charge on any atom is -0.497 e. The molecule has 0 aliphatic rings. The Bertz CT molecular complexity index is 471. The SMILES string of the molecule is COc1ccc(N(CC(C)C(=O)O)C(C)C(=O)O)cc1. The average molecular weight is 281 g/mol. The molecule has 6 heteroatoms. The molecule has 0 saturated carbocycles. The molecule has 0 aliphatic heterocycles. The number of methoxy groups -OCH3 is 1. The zero-order valence-corrected chi connectivity index (χ0v) is 11.7. The van der Waals surface area contributed by atoms with Crippen molar-refractivity contribution in [2.75, 3.05) is 18.6 Å². The lowest BCUT2D eigenvalue weighted by Crippen LogP contribution is -2.43. The van der Waals surface area contributed by atoms with Gasteiger partial charge in [0.2, 0.25) is 0 Å². The van der Waals surface area contributed by atoms with E-state index in [-0.39, 0.29) is 6.54 Å². The first-order chi connectivity index (χ1) is 9.36. The van der Waals surface area contributed by atoms with Crippen LogP contribution in [0.5, 0.6) is 5.75 Å². The smallest absolute Gasteiger partial charge is 0.326 e. The van der Waals surface area contributed by atoms with E-state index in [1.165, 1.54) is 6.92 Å². The Balaban J connectivity index is 3.02. The fourth-order valence-electron chi connectivity index (χ4n) is 1.77. The van der Waals surface area contributed by atoms with Crippen molar-refractivity contribution in [2.24, 2.45) is 5.92 Å². The number of aliphatic carboxylic acids is 2. The summed E-state index contributed by atoms with van der Waals surface area (Å²) in [4.78, 5) is 23.7. The van der Waals surface area contributed by atoms with Gasteiger partial charge in [0.1, 0.15) is 11.8 Å². The third-order valence-electron chi connectivity index (χ3n) is 3.12. The minimum atomic E-state index is -1.00. The van der Waals surface area contributed by atoms with Gasteiger partial charge in [-0.25, -0.2) is 4.79 Å². The highest BCUT2D eigenvalue weighted by Crippen LogP contribution is 2.22. The molecule has 0 spiro atoms. The summed E-state index contributed by atoms with van der Waals surface area (Å²) in [5, 5.41) is 18.1. The Morgan fingerprint density at radius 2 is 1.70 bits per heavy atom. The standard InChI is InChI=1S/C14H19NO5/c1-9(13(16)17)8-15(10(2)14(18)19)11-4-6-12(20-3)7-5-11/h4-7,9-10H,8H2,1-3H3,(H,16,17)(H,18,19). The minimum absolute atomic E-state index is 0.120. The summed E-state index contributed by atoms with van der Waals surface area (Å²) in [5.74, 6) is -1.97. The monoisotopic (exact) mass is 281 g/mol. The summed E-state index contributed by atoms with van der Waals surface area (Å²) in [5.41, 5.74) is 0.647. The van der Waals surface area contributed by atoms with Gasteiger partial charge < -0.3 is 19.8 Å². The largest absolute Gasteiger partial charge is 0.497 e. The second kappa shape index (κ2) is 6.79. The zero-order chi connectivity index (χ0) is 15.3. The first-order valence-electron chi connectivity index (χ1n) is 6.23. The second-order valence-corrected chi connectivity index (χ2v) is 4.60. The molecule has 2 atom stereocenters. The highest BCUT2D eigenvalue weighted by Gasteiger charge is 2.25. The summed E-state index contributed by atoms with van der Waals surface area (Å²) in [6, 6.07) is 6.04. The molecule has 0 bridgehead atoms. The number of carbonyl (C=O) groups is 2. The molecule has 1 aromatic rings. The average Bonchev–Trinajstić information content (AvgIpc) is 2.43. The molecule has 1 aromatic carbocycles. The second-order valence-electron chi connectivity index (χ2n) is 4.60. The molecule has 2 unspecified atom stereocenters. The van der Waals surface area contributed by atoms with Crippen LogP contribution in [0.1, 0.15) is 13.8 Å². The van der Waals surface area contributed by atoms with Gasteiger partial charge in [0.15, 0.2) is 0 Å². The lowest BCUT2D eigenvalue weighted by molar-refractivity contribution is -0.142. The number of carboxylic acid groups (broad SMARTS) is 2. The molecule has 110 valence electrons. The Morgan fingerprint density at radius 3 is 2.10 bits per heavy atom. The molecule has 1 rings (SSSR count). The van der Waals surface area contributed by atoms with E-state index in [2.05, 4.69) is 0 Å². The van der Waals surface area contributed by atoms with Crippen molar-refractivity contribution in [3.05, 3.63) is 24.3 Å². The molecule has 20 heavy (non-hydrogen) atoms. The van der Waals surface area contributed by atoms with E-state index < -0.39 is 23.9 Å². The van der Waals surface area contributed by atoms with Crippen molar-refractivity contribution in [3.8, 4) is 5.75 Å². The van der Waals surface area contributed by atoms with Gasteiger partial charge in [-0.3, -0.25) is 4.79 Å². The van der Waals surface area contributed by atoms with Gasteiger partial charge in [0.05, 0.1) is 13.0 Å². The van der Waals surface area contributed by atoms with E-state index in [1.54, 1.807) is 43.2 Å². The Labute approximate surface area is 117 Å². The van der Waals surface area contributed by atoms with Crippen molar-refractivity contribution in [1.82, 2.24) is 0 Å². The number of ether oxygens (including phenoxy) is 1. The van der Waals surface area contributed by atoms with E-state index in [1.807, 2.05) is 0 Å². The van der Waals surface area contributed by atoms with Crippen LogP contribution in [0.4, 0.5) is 5.69 Å². The van der Waals surface area contributed by atoms with Crippen molar-refractivity contribution in [2.45, 2.75) is 19.9 Å². The van der Waals surface area contributed by atoms with Crippen LogP contribution in [0, 0.1) is 5.92 Å². The van der Waals surface area contributed by atoms with Crippen molar-refractivity contribution in [3.63, 3.8) is 0 Å². The third-order valence-corrected chi connectivity index (χ3v) is 3.12. The molecular formula is C14H19NO5. The quantitative estimate of drug-likeness (QED) is 0.791. The topological polar surface area (TPSA) is 87.1 Å². The van der Waals surface area contributed by atoms with Gasteiger partial charge in [-0.15, -0.1) is 0 Å². The third kappa shape index (κ3) is 3.88. The van der Waals surface area contributed by atoms with E-state index in [0.717, 1.165) is 0 Å². The highest BCUT2D eigenvalue weighted by molar-refractivity contribution is 5.78. The molecule has 0 heterocycles. The van der Waals surface area contributed by atoms with Gasteiger partial charge in [0.25, 0.3) is 0 Å². The number of rotatable bonds is 7. The van der Waals surface area contributed by atoms with E-state index in [4.69, 9.17) is 14.9 Å². The van der Waals surface area contributed by atoms with Crippen LogP contribution in [0.2, 0.25) is 0 Å². The van der Waals surface area contributed by atoms with Crippen molar-refractivity contribution in [1.29, 1.82) is 0 Å². The first kappa shape index (κ1) is 15.8. The predicted octanol–water partition coefficient (Wildman–Crippen LogP) is 1.70. The lowest BCUT2D eigenvalue weighted by Gasteiger charge is -2.30. The molecule has 6 nitrogen and oxygen atoms in total. The summed E-state index contributed by atoms with van der Waals surface area (Å²) < 4.78 is 5.05. The highest BCUT2D eigenvalue weighted by atomic mass is 16.5. The van der Waals surface area contributed by atoms with Crippen LogP contribution in [-0.2, 0) is 9.59 Å². The number of carboxylic acids is 2. The van der Waals surface area contributed by atoms with Crippen molar-refractivity contribution < 1.29 is 24.5 Å². The number of benzene rings is 1. The fraction of sp³-hybridized carbons (Fsp3) is 0.429. The fourth-order valence-corrected chi connectivity index (χ4v) is 1.77. The lowest BCUT2D eigenvalue weighted by atomic mass is 10.1. The van der Waals surface area contributed by atoms with Crippen LogP contribution < -0.4 is 9.64 Å². The molecule has 0 aliphatic carbocycles. The summed E-state index contributed by atoms with van der Waals surface area (Å²) in [6.45, 7) is 3.20. The normalized spacial score (nSPS) is 13.3. The Hall–Kier alpha value is -2.24. The summed E-state index contributed by atoms with van der Waals surface area (Å²) in [7, 11) is 1.54. The maximum Gasteiger partial charge on any atom is 0.326 e. The molecule has 0 amide bonds. The van der Waals surface area contributed by atoms with Crippen LogP contribution >= 0.6 is 0 Å². The predicted molar refractivity (Wildman–Crippen MR) is 74.2 cm³/mol. The Morgan fingerprint density at radius 1 is 1.15 bits per heavy atom. The maximum atomic E-state index is 11.2. The number of nitrogens with zero attached hydrogens (tertiary/aromatic N) is 1. The molecular weight excluding hydrogens is 262 g/mol. The Kier molecular flexibility index (Phi) is 5.37. The number of hydrogen-bond donors (Lipinski definition) is 2. The summed E-state index contributed by atoms with van der Waals surface area (Å²) in [6.07, 6.45) is 0. The van der Waals surface area contributed by atoms with Gasteiger partial charge in [-0.1, -0.05) is 6.92 Å². The van der Waals surface area contributed by atoms with Crippen LogP contribution in [0.15, 0.2) is 24.3 Å². The molecule has 0 saturated heterocycles. The van der Waals surface area contributed by atoms with E-state index in [0.29, 0.717) is 11.4 Å². The number of anilines is 1. The first-order valence-corrected chi connectivity index (χ1v) is 6.23. The summed E-state index contributed by atoms with van der Waals surface area (Å²) >= 11 is 0. The van der Waals surface area contributed by atoms with Crippen molar-refractivity contribution >= 4 is 17.6 Å². The zero-order valence-electron chi connectivity index (χ0n) is 11.7. The van der Waals surface area contributed by atoms with Gasteiger partial charge in [-0.2, -0.15) is 0 Å². The van der Waals surface area contributed by atoms with E-state index in [9.17, 15) is 9.59 Å². The van der Waals surface area contributed by atoms with E-state index >= 15 is 0 Å². The molecule has 0 aromatic heterocycles. The molecule has 0 fully saturated rings. The number of hydrogen-bond acceptors (Lipinski definition) is 4. The van der Waals surface area contributed by atoms with Crippen LogP contribution in [0.3, 0.4) is 0 Å². The van der Waals surface area contributed by atoms with Crippen LogP contribution in [-0.4, -0.2) is 41.8 Å². The molecule has 2 N–H and O–H groups in total. The van der Waals surface area contributed by atoms with Gasteiger partial charge in [0, 0.05) is 12.2 Å². The van der Waals surface area contributed by atoms with Gasteiger partial charge in [-0.05, 0) is 31.2 Å².